The van der Waals surface area contributed by atoms with Crippen LogP contribution < -0.4 is 19.7 Å². The number of likely N-dealkylation sites (N-methyl/N-ethyl adjacent to an activating group) is 1. The van der Waals surface area contributed by atoms with Gasteiger partial charge >= 0.3 is 0 Å². The van der Waals surface area contributed by atoms with Crippen LogP contribution in [0.25, 0.3) is 10.6 Å². The van der Waals surface area contributed by atoms with Gasteiger partial charge in [0, 0.05) is 18.0 Å². The molecule has 2 aromatic carbocycles. The Balaban J connectivity index is 1.51. The number of para-hydroxylation sites is 2. The molecule has 0 saturated carbocycles. The van der Waals surface area contributed by atoms with E-state index >= 15 is 0 Å². The first-order valence-electron chi connectivity index (χ1n) is 10.0. The van der Waals surface area contributed by atoms with Gasteiger partial charge in [0.25, 0.3) is 5.91 Å². The number of carbonyl (C=O) groups is 2. The molecule has 1 aromatic heterocycles. The van der Waals surface area contributed by atoms with Crippen LogP contribution >= 0.6 is 11.3 Å². The van der Waals surface area contributed by atoms with Gasteiger partial charge in [-0.1, -0.05) is 12.1 Å². The summed E-state index contributed by atoms with van der Waals surface area (Å²) >= 11 is 1.49. The quantitative estimate of drug-likeness (QED) is 0.640. The van der Waals surface area contributed by atoms with Crippen molar-refractivity contribution in [2.45, 2.75) is 19.4 Å². The van der Waals surface area contributed by atoms with Crippen molar-refractivity contribution in [2.75, 3.05) is 25.1 Å². The fourth-order valence-corrected chi connectivity index (χ4v) is 4.23. The first-order valence-corrected chi connectivity index (χ1v) is 10.9. The number of fused-ring (bicyclic) bond motifs is 1. The third-order valence-electron chi connectivity index (χ3n) is 4.91. The van der Waals surface area contributed by atoms with E-state index < -0.39 is 6.10 Å². The molecule has 2 heterocycles. The topological polar surface area (TPSA) is 80.8 Å². The minimum atomic E-state index is -0.751. The number of thiazole rings is 1. The summed E-state index contributed by atoms with van der Waals surface area (Å²) in [5.41, 5.74) is 2.33. The highest BCUT2D eigenvalue weighted by Crippen LogP contribution is 2.34. The molecule has 160 valence electrons. The third kappa shape index (κ3) is 4.54. The van der Waals surface area contributed by atoms with E-state index in [0.29, 0.717) is 23.7 Å². The van der Waals surface area contributed by atoms with Crippen molar-refractivity contribution in [1.29, 1.82) is 0 Å². The number of benzene rings is 2. The number of hydrogen-bond donors (Lipinski definition) is 1. The summed E-state index contributed by atoms with van der Waals surface area (Å²) in [6.07, 6.45) is -0.610. The molecule has 2 amide bonds. The Kier molecular flexibility index (Phi) is 6.18. The highest BCUT2D eigenvalue weighted by atomic mass is 32.1. The number of amides is 2. The Morgan fingerprint density at radius 1 is 1.23 bits per heavy atom. The number of rotatable bonds is 6. The molecule has 1 aliphatic heterocycles. The Morgan fingerprint density at radius 2 is 2.00 bits per heavy atom. The van der Waals surface area contributed by atoms with Crippen LogP contribution in [0, 0.1) is 0 Å². The Labute approximate surface area is 184 Å². The van der Waals surface area contributed by atoms with Gasteiger partial charge in [0.1, 0.15) is 16.5 Å². The number of nitrogens with zero attached hydrogens (tertiary/aromatic N) is 2. The van der Waals surface area contributed by atoms with Gasteiger partial charge < -0.3 is 19.7 Å². The number of carbonyl (C=O) groups excluding carboxylic acids is 2. The number of nitrogens with one attached hydrogen (secondary N) is 1. The first-order chi connectivity index (χ1) is 15.1. The van der Waals surface area contributed by atoms with Crippen LogP contribution in [0.4, 0.5) is 5.69 Å². The van der Waals surface area contributed by atoms with Gasteiger partial charge in [-0.3, -0.25) is 9.59 Å². The summed E-state index contributed by atoms with van der Waals surface area (Å²) in [6, 6.07) is 15.0. The molecule has 31 heavy (non-hydrogen) atoms. The number of anilines is 1. The van der Waals surface area contributed by atoms with Crippen LogP contribution in [-0.2, 0) is 16.0 Å². The fourth-order valence-electron chi connectivity index (χ4n) is 3.40. The maximum atomic E-state index is 13.1. The second kappa shape index (κ2) is 9.18. The van der Waals surface area contributed by atoms with Gasteiger partial charge in [-0.15, -0.1) is 11.3 Å². The van der Waals surface area contributed by atoms with E-state index in [1.807, 2.05) is 54.8 Å². The normalized spacial score (nSPS) is 15.0. The van der Waals surface area contributed by atoms with Gasteiger partial charge in [-0.25, -0.2) is 4.98 Å². The average molecular weight is 438 g/mol. The van der Waals surface area contributed by atoms with Crippen LogP contribution in [0.5, 0.6) is 11.5 Å². The van der Waals surface area contributed by atoms with Gasteiger partial charge in [0.15, 0.2) is 6.10 Å². The van der Waals surface area contributed by atoms with Crippen molar-refractivity contribution < 1.29 is 19.1 Å². The van der Waals surface area contributed by atoms with Crippen LogP contribution in [-0.4, -0.2) is 43.1 Å². The van der Waals surface area contributed by atoms with Crippen LogP contribution in [0.2, 0.25) is 0 Å². The SMILES string of the molecule is CCOc1ccc(-c2nc(CC(=O)N3CC(C(=O)NC)Oc4ccccc43)cs2)cc1. The lowest BCUT2D eigenvalue weighted by Crippen LogP contribution is -2.50. The molecule has 0 bridgehead atoms. The molecule has 0 fully saturated rings. The zero-order chi connectivity index (χ0) is 21.8. The summed E-state index contributed by atoms with van der Waals surface area (Å²) < 4.78 is 11.3. The lowest BCUT2D eigenvalue weighted by molar-refractivity contribution is -0.127. The van der Waals surface area contributed by atoms with E-state index in [-0.39, 0.29) is 24.8 Å². The summed E-state index contributed by atoms with van der Waals surface area (Å²) in [5, 5.41) is 5.33. The van der Waals surface area contributed by atoms with E-state index in [9.17, 15) is 9.59 Å². The Morgan fingerprint density at radius 3 is 2.74 bits per heavy atom. The molecule has 0 radical (unpaired) electrons. The number of hydrogen-bond acceptors (Lipinski definition) is 6. The molecule has 3 aromatic rings. The molecule has 7 nitrogen and oxygen atoms in total. The predicted octanol–water partition coefficient (Wildman–Crippen LogP) is 3.29. The summed E-state index contributed by atoms with van der Waals surface area (Å²) in [4.78, 5) is 31.5. The highest BCUT2D eigenvalue weighted by Gasteiger charge is 2.33. The molecular weight excluding hydrogens is 414 g/mol. The zero-order valence-electron chi connectivity index (χ0n) is 17.3. The lowest BCUT2D eigenvalue weighted by Gasteiger charge is -2.34. The highest BCUT2D eigenvalue weighted by molar-refractivity contribution is 7.13. The van der Waals surface area contributed by atoms with Crippen molar-refractivity contribution in [3.8, 4) is 22.1 Å². The smallest absolute Gasteiger partial charge is 0.262 e. The number of ether oxygens (including phenoxy) is 2. The molecule has 1 N–H and O–H groups in total. The van der Waals surface area contributed by atoms with Crippen molar-refractivity contribution in [3.63, 3.8) is 0 Å². The first kappa shape index (κ1) is 20.9. The second-order valence-electron chi connectivity index (χ2n) is 6.97. The van der Waals surface area contributed by atoms with Gasteiger partial charge in [-0.2, -0.15) is 0 Å². The van der Waals surface area contributed by atoms with E-state index in [0.717, 1.165) is 16.3 Å². The van der Waals surface area contributed by atoms with Crippen LogP contribution in [0.15, 0.2) is 53.9 Å². The monoisotopic (exact) mass is 437 g/mol. The summed E-state index contributed by atoms with van der Waals surface area (Å²) in [5.74, 6) is 0.936. The van der Waals surface area contributed by atoms with Crippen LogP contribution in [0.1, 0.15) is 12.6 Å². The molecule has 0 saturated heterocycles. The largest absolute Gasteiger partial charge is 0.494 e. The molecule has 1 unspecified atom stereocenters. The summed E-state index contributed by atoms with van der Waals surface area (Å²) in [7, 11) is 1.55. The Bertz CT molecular complexity index is 1080. The maximum absolute atomic E-state index is 13.1. The van der Waals surface area contributed by atoms with Crippen molar-refractivity contribution in [1.82, 2.24) is 10.3 Å². The number of aromatic nitrogens is 1. The molecule has 8 heteroatoms. The molecule has 4 rings (SSSR count). The molecule has 1 aliphatic rings. The molecule has 0 aliphatic carbocycles. The predicted molar refractivity (Wildman–Crippen MR) is 120 cm³/mol. The van der Waals surface area contributed by atoms with E-state index in [1.54, 1.807) is 18.0 Å². The Hall–Kier alpha value is -3.39. The fraction of sp³-hybridized carbons (Fsp3) is 0.261. The van der Waals surface area contributed by atoms with E-state index in [2.05, 4.69) is 10.3 Å². The average Bonchev–Trinajstić information content (AvgIpc) is 3.26. The molecule has 0 spiro atoms. The van der Waals surface area contributed by atoms with Crippen molar-refractivity contribution >= 4 is 28.8 Å². The molecule has 1 atom stereocenters. The van der Waals surface area contributed by atoms with E-state index in [4.69, 9.17) is 9.47 Å². The lowest BCUT2D eigenvalue weighted by atomic mass is 10.1. The zero-order valence-corrected chi connectivity index (χ0v) is 18.1. The molecular formula is C23H23N3O4S. The van der Waals surface area contributed by atoms with Crippen LogP contribution in [0.3, 0.4) is 0 Å². The van der Waals surface area contributed by atoms with Crippen molar-refractivity contribution in [2.24, 2.45) is 0 Å². The minimum Gasteiger partial charge on any atom is -0.494 e. The van der Waals surface area contributed by atoms with Crippen molar-refractivity contribution in [3.05, 3.63) is 59.6 Å². The van der Waals surface area contributed by atoms with E-state index in [1.165, 1.54) is 11.3 Å². The van der Waals surface area contributed by atoms with Gasteiger partial charge in [0.05, 0.1) is 31.0 Å². The summed E-state index contributed by atoms with van der Waals surface area (Å²) in [6.45, 7) is 2.72. The maximum Gasteiger partial charge on any atom is 0.262 e. The third-order valence-corrected chi connectivity index (χ3v) is 5.85. The standard InChI is InChI=1S/C23H23N3O4S/c1-3-29-17-10-8-15(9-11-17)23-25-16(14-31-23)12-21(27)26-13-20(22(28)24-2)30-19-7-5-4-6-18(19)26/h4-11,14,20H,3,12-13H2,1-2H3,(H,24,28). The second-order valence-corrected chi connectivity index (χ2v) is 7.83. The minimum absolute atomic E-state index is 0.131. The van der Waals surface area contributed by atoms with Gasteiger partial charge in [-0.05, 0) is 43.3 Å². The van der Waals surface area contributed by atoms with Gasteiger partial charge in [0.2, 0.25) is 5.91 Å².